The van der Waals surface area contributed by atoms with Gasteiger partial charge in [0, 0.05) is 39.3 Å². The summed E-state index contributed by atoms with van der Waals surface area (Å²) in [5, 5.41) is 0. The smallest absolute Gasteiger partial charge is 0.207 e. The van der Waals surface area contributed by atoms with Crippen molar-refractivity contribution >= 4 is 20.2 Å². The van der Waals surface area contributed by atoms with Crippen LogP contribution in [0.25, 0.3) is 0 Å². The number of sulfonamides is 1. The van der Waals surface area contributed by atoms with Gasteiger partial charge in [-0.1, -0.05) is 25.1 Å². The second-order valence-electron chi connectivity index (χ2n) is 6.71. The molecule has 9 heteroatoms. The lowest BCUT2D eigenvalue weighted by Gasteiger charge is -2.38. The van der Waals surface area contributed by atoms with E-state index < -0.39 is 20.2 Å². The Hall–Kier alpha value is -1.00. The average Bonchev–Trinajstić information content (AvgIpc) is 2.63. The van der Waals surface area contributed by atoms with E-state index in [1.165, 1.54) is 12.9 Å². The fourth-order valence-corrected chi connectivity index (χ4v) is 6.33. The van der Waals surface area contributed by atoms with Gasteiger partial charge in [0.1, 0.15) is 0 Å². The number of rotatable bonds is 4. The molecular weight excluding hydrogens is 362 g/mol. The predicted molar refractivity (Wildman–Crippen MR) is 95.7 cm³/mol. The molecule has 2 saturated heterocycles. The Balaban J connectivity index is 1.66. The highest BCUT2D eigenvalue weighted by molar-refractivity contribution is 7.89. The van der Waals surface area contributed by atoms with Crippen LogP contribution in [0.1, 0.15) is 19.8 Å². The molecule has 0 aromatic heterocycles. The van der Waals surface area contributed by atoms with E-state index in [0.29, 0.717) is 19.0 Å². The van der Waals surface area contributed by atoms with Gasteiger partial charge in [-0.15, -0.1) is 0 Å². The maximum atomic E-state index is 12.8. The van der Waals surface area contributed by atoms with Crippen molar-refractivity contribution in [2.24, 2.45) is 5.92 Å². The maximum absolute atomic E-state index is 12.8. The van der Waals surface area contributed by atoms with Crippen LogP contribution in [0.2, 0.25) is 0 Å². The molecule has 2 fully saturated rings. The minimum atomic E-state index is -3.56. The Kier molecular flexibility index (Phi) is 5.50. The molecule has 0 atom stereocenters. The van der Waals surface area contributed by atoms with Gasteiger partial charge >= 0.3 is 0 Å². The summed E-state index contributed by atoms with van der Waals surface area (Å²) in [6.45, 7) is 3.98. The first-order valence-corrected chi connectivity index (χ1v) is 11.5. The molecule has 2 aliphatic rings. The van der Waals surface area contributed by atoms with Gasteiger partial charge in [-0.25, -0.2) is 8.42 Å². The predicted octanol–water partition coefficient (Wildman–Crippen LogP) is 0.970. The molecule has 0 bridgehead atoms. The van der Waals surface area contributed by atoms with Gasteiger partial charge in [0.15, 0.2) is 0 Å². The SMILES string of the molecule is CC1CCN(S(=O)(=O)N2CCN(S(=O)(=O)c3ccccc3)CC2)CC1. The summed E-state index contributed by atoms with van der Waals surface area (Å²) in [7, 11) is -7.06. The first kappa shape index (κ1) is 18.8. The first-order valence-electron chi connectivity index (χ1n) is 8.62. The summed E-state index contributed by atoms with van der Waals surface area (Å²) < 4.78 is 55.1. The Bertz CT molecular complexity index is 780. The van der Waals surface area contributed by atoms with Crippen LogP contribution in [0, 0.1) is 5.92 Å². The summed E-state index contributed by atoms with van der Waals surface area (Å²) in [6, 6.07) is 8.26. The van der Waals surface area contributed by atoms with E-state index in [-0.39, 0.29) is 31.1 Å². The largest absolute Gasteiger partial charge is 0.282 e. The van der Waals surface area contributed by atoms with Crippen LogP contribution < -0.4 is 0 Å². The van der Waals surface area contributed by atoms with E-state index in [0.717, 1.165) is 12.8 Å². The van der Waals surface area contributed by atoms with Crippen LogP contribution in [-0.4, -0.2) is 69.0 Å². The molecule has 0 unspecified atom stereocenters. The van der Waals surface area contributed by atoms with E-state index in [1.807, 2.05) is 0 Å². The van der Waals surface area contributed by atoms with Crippen LogP contribution in [0.15, 0.2) is 35.2 Å². The van der Waals surface area contributed by atoms with Crippen LogP contribution in [0.5, 0.6) is 0 Å². The monoisotopic (exact) mass is 387 g/mol. The molecule has 1 aromatic rings. The Morgan fingerprint density at radius 3 is 1.80 bits per heavy atom. The average molecular weight is 388 g/mol. The zero-order valence-electron chi connectivity index (χ0n) is 14.4. The third-order valence-corrected chi connectivity index (χ3v) is 8.92. The molecule has 0 N–H and O–H groups in total. The number of piperazine rings is 1. The van der Waals surface area contributed by atoms with E-state index in [4.69, 9.17) is 0 Å². The molecule has 2 heterocycles. The molecule has 0 aliphatic carbocycles. The van der Waals surface area contributed by atoms with Gasteiger partial charge in [0.2, 0.25) is 10.0 Å². The van der Waals surface area contributed by atoms with Crippen LogP contribution >= 0.6 is 0 Å². The van der Waals surface area contributed by atoms with Crippen molar-refractivity contribution in [3.8, 4) is 0 Å². The number of piperidine rings is 1. The van der Waals surface area contributed by atoms with Crippen LogP contribution in [0.3, 0.4) is 0 Å². The maximum Gasteiger partial charge on any atom is 0.282 e. The highest BCUT2D eigenvalue weighted by Crippen LogP contribution is 2.23. The van der Waals surface area contributed by atoms with E-state index in [9.17, 15) is 16.8 Å². The standard InChI is InChI=1S/C16H25N3O4S2/c1-15-7-9-18(10-8-15)25(22,23)19-13-11-17(12-14-19)24(20,21)16-5-3-2-4-6-16/h2-6,15H,7-14H2,1H3. The number of hydrogen-bond acceptors (Lipinski definition) is 4. The highest BCUT2D eigenvalue weighted by Gasteiger charge is 2.36. The van der Waals surface area contributed by atoms with Crippen LogP contribution in [0.4, 0.5) is 0 Å². The Morgan fingerprint density at radius 2 is 1.24 bits per heavy atom. The second kappa shape index (κ2) is 7.32. The quantitative estimate of drug-likeness (QED) is 0.771. The number of nitrogens with zero attached hydrogens (tertiary/aromatic N) is 3. The summed E-state index contributed by atoms with van der Waals surface area (Å²) in [5.74, 6) is 0.555. The summed E-state index contributed by atoms with van der Waals surface area (Å²) in [6.07, 6.45) is 1.75. The normalized spacial score (nSPS) is 22.9. The number of benzene rings is 1. The molecule has 140 valence electrons. The van der Waals surface area contributed by atoms with Gasteiger partial charge in [0.05, 0.1) is 4.90 Å². The topological polar surface area (TPSA) is 78.0 Å². The molecule has 25 heavy (non-hydrogen) atoms. The fourth-order valence-electron chi connectivity index (χ4n) is 3.26. The molecule has 3 rings (SSSR count). The van der Waals surface area contributed by atoms with E-state index in [2.05, 4.69) is 6.92 Å². The van der Waals surface area contributed by atoms with Gasteiger partial charge in [-0.2, -0.15) is 21.3 Å². The second-order valence-corrected chi connectivity index (χ2v) is 10.6. The third-order valence-electron chi connectivity index (χ3n) is 4.97. The van der Waals surface area contributed by atoms with Crippen molar-refractivity contribution in [3.63, 3.8) is 0 Å². The fraction of sp³-hybridized carbons (Fsp3) is 0.625. The van der Waals surface area contributed by atoms with Crippen molar-refractivity contribution in [1.82, 2.24) is 12.9 Å². The molecule has 0 amide bonds. The summed E-state index contributed by atoms with van der Waals surface area (Å²) in [5.41, 5.74) is 0. The first-order chi connectivity index (χ1) is 11.8. The molecule has 2 aliphatic heterocycles. The lowest BCUT2D eigenvalue weighted by molar-refractivity contribution is 0.232. The van der Waals surface area contributed by atoms with Crippen molar-refractivity contribution < 1.29 is 16.8 Å². The molecule has 0 saturated carbocycles. The van der Waals surface area contributed by atoms with Gasteiger partial charge < -0.3 is 0 Å². The highest BCUT2D eigenvalue weighted by atomic mass is 32.2. The lowest BCUT2D eigenvalue weighted by atomic mass is 10.0. The van der Waals surface area contributed by atoms with Gasteiger partial charge in [0.25, 0.3) is 10.2 Å². The molecule has 0 spiro atoms. The van der Waals surface area contributed by atoms with Crippen LogP contribution in [-0.2, 0) is 20.2 Å². The molecule has 1 aromatic carbocycles. The third kappa shape index (κ3) is 3.90. The summed E-state index contributed by atoms with van der Waals surface area (Å²) in [4.78, 5) is 0.247. The summed E-state index contributed by atoms with van der Waals surface area (Å²) >= 11 is 0. The molecular formula is C16H25N3O4S2. The van der Waals surface area contributed by atoms with Crippen molar-refractivity contribution in [2.45, 2.75) is 24.7 Å². The zero-order chi connectivity index (χ0) is 18.1. The van der Waals surface area contributed by atoms with Crippen molar-refractivity contribution in [2.75, 3.05) is 39.3 Å². The Labute approximate surface area is 150 Å². The van der Waals surface area contributed by atoms with Crippen molar-refractivity contribution in [1.29, 1.82) is 0 Å². The molecule has 7 nitrogen and oxygen atoms in total. The zero-order valence-corrected chi connectivity index (χ0v) is 16.0. The minimum absolute atomic E-state index is 0.181. The van der Waals surface area contributed by atoms with Gasteiger partial charge in [-0.3, -0.25) is 0 Å². The molecule has 0 radical (unpaired) electrons. The Morgan fingerprint density at radius 1 is 0.760 bits per heavy atom. The van der Waals surface area contributed by atoms with Gasteiger partial charge in [-0.05, 0) is 30.9 Å². The van der Waals surface area contributed by atoms with Crippen molar-refractivity contribution in [3.05, 3.63) is 30.3 Å². The lowest BCUT2D eigenvalue weighted by Crippen LogP contribution is -2.55. The minimum Gasteiger partial charge on any atom is -0.207 e. The number of hydrogen-bond donors (Lipinski definition) is 0. The van der Waals surface area contributed by atoms with E-state index in [1.54, 1.807) is 30.3 Å². The van der Waals surface area contributed by atoms with E-state index >= 15 is 0 Å².